The monoisotopic (exact) mass is 335 g/mol. The number of nitrogens with zero attached hydrogens (tertiary/aromatic N) is 2. The number of carbonyl (C=O) groups is 1. The molecular weight excluding hydrogens is 302 g/mol. The van der Waals surface area contributed by atoms with Gasteiger partial charge < -0.3 is 15.0 Å². The fourth-order valence-corrected chi connectivity index (χ4v) is 5.74. The van der Waals surface area contributed by atoms with Crippen molar-refractivity contribution in [1.82, 2.24) is 15.1 Å². The molecule has 0 aromatic heterocycles. The third kappa shape index (κ3) is 3.05. The van der Waals surface area contributed by atoms with Gasteiger partial charge in [0, 0.05) is 49.8 Å². The van der Waals surface area contributed by atoms with Gasteiger partial charge >= 0.3 is 6.03 Å². The average Bonchev–Trinajstić information content (AvgIpc) is 3.11. The maximum absolute atomic E-state index is 12.9. The molecule has 2 bridgehead atoms. The molecule has 1 N–H and O–H groups in total. The van der Waals surface area contributed by atoms with Crippen LogP contribution in [-0.4, -0.2) is 65.8 Å². The molecule has 0 aromatic carbocycles. The second-order valence-corrected chi connectivity index (χ2v) is 8.51. The van der Waals surface area contributed by atoms with E-state index in [1.807, 2.05) is 0 Å². The third-order valence-corrected chi connectivity index (χ3v) is 6.81. The van der Waals surface area contributed by atoms with Crippen LogP contribution in [-0.2, 0) is 4.74 Å². The van der Waals surface area contributed by atoms with Crippen LogP contribution < -0.4 is 5.32 Å². The van der Waals surface area contributed by atoms with E-state index in [1.54, 1.807) is 0 Å². The van der Waals surface area contributed by atoms with E-state index in [4.69, 9.17) is 4.74 Å². The van der Waals surface area contributed by atoms with Crippen LogP contribution in [0.3, 0.4) is 0 Å². The molecule has 5 atom stereocenters. The highest BCUT2D eigenvalue weighted by Gasteiger charge is 2.41. The number of ether oxygens (including phenoxy) is 1. The molecule has 0 spiro atoms. The minimum Gasteiger partial charge on any atom is -0.378 e. The van der Waals surface area contributed by atoms with Gasteiger partial charge in [-0.05, 0) is 58.8 Å². The fraction of sp³-hybridized carbons (Fsp3) is 0.947. The fourth-order valence-electron chi connectivity index (χ4n) is 5.74. The molecule has 0 aromatic rings. The van der Waals surface area contributed by atoms with E-state index >= 15 is 0 Å². The first-order valence-electron chi connectivity index (χ1n) is 10.1. The summed E-state index contributed by atoms with van der Waals surface area (Å²) in [5.74, 6) is 0.540. The molecule has 2 amide bonds. The Morgan fingerprint density at radius 1 is 1.08 bits per heavy atom. The van der Waals surface area contributed by atoms with E-state index in [0.29, 0.717) is 36.2 Å². The zero-order valence-electron chi connectivity index (χ0n) is 15.2. The third-order valence-electron chi connectivity index (χ3n) is 6.81. The molecule has 24 heavy (non-hydrogen) atoms. The zero-order valence-corrected chi connectivity index (χ0v) is 15.2. The molecular formula is C19H33N3O2. The molecule has 4 rings (SSSR count). The second kappa shape index (κ2) is 6.83. The van der Waals surface area contributed by atoms with Crippen molar-refractivity contribution < 1.29 is 9.53 Å². The molecule has 136 valence electrons. The molecule has 0 radical (unpaired) electrons. The first-order valence-corrected chi connectivity index (χ1v) is 10.1. The topological polar surface area (TPSA) is 44.8 Å². The second-order valence-electron chi connectivity index (χ2n) is 8.51. The van der Waals surface area contributed by atoms with Crippen molar-refractivity contribution in [3.05, 3.63) is 0 Å². The predicted octanol–water partition coefficient (Wildman–Crippen LogP) is 2.60. The van der Waals surface area contributed by atoms with Gasteiger partial charge in [-0.1, -0.05) is 0 Å². The van der Waals surface area contributed by atoms with E-state index in [2.05, 4.69) is 29.0 Å². The number of hydrogen-bond acceptors (Lipinski definition) is 3. The molecule has 5 heteroatoms. The molecule has 4 fully saturated rings. The summed E-state index contributed by atoms with van der Waals surface area (Å²) in [5.41, 5.74) is 0. The highest BCUT2D eigenvalue weighted by atomic mass is 16.5. The normalized spacial score (nSPS) is 39.8. The molecule has 5 nitrogen and oxygen atoms in total. The van der Waals surface area contributed by atoms with Crippen molar-refractivity contribution >= 4 is 6.03 Å². The number of likely N-dealkylation sites (tertiary alicyclic amines) is 1. The van der Waals surface area contributed by atoms with Gasteiger partial charge in [0.15, 0.2) is 0 Å². The zero-order chi connectivity index (χ0) is 16.7. The summed E-state index contributed by atoms with van der Waals surface area (Å²) >= 11 is 0. The maximum Gasteiger partial charge on any atom is 0.317 e. The summed E-state index contributed by atoms with van der Waals surface area (Å²) in [6.45, 7) is 7.27. The van der Waals surface area contributed by atoms with Crippen LogP contribution in [0.1, 0.15) is 58.8 Å². The number of rotatable bonds is 2. The summed E-state index contributed by atoms with van der Waals surface area (Å²) in [6.07, 6.45) is 8.65. The van der Waals surface area contributed by atoms with Crippen LogP contribution in [0.25, 0.3) is 0 Å². The Labute approximate surface area is 146 Å². The van der Waals surface area contributed by atoms with Gasteiger partial charge in [0.2, 0.25) is 0 Å². The molecule has 1 saturated carbocycles. The number of nitrogens with one attached hydrogen (secondary N) is 1. The molecule has 4 aliphatic rings. The largest absolute Gasteiger partial charge is 0.378 e. The molecule has 0 unspecified atom stereocenters. The summed E-state index contributed by atoms with van der Waals surface area (Å²) in [5, 5.41) is 3.38. The minimum atomic E-state index is 0.170. The lowest BCUT2D eigenvalue weighted by Gasteiger charge is -2.35. The van der Waals surface area contributed by atoms with Gasteiger partial charge in [-0.15, -0.1) is 0 Å². The van der Waals surface area contributed by atoms with Crippen LogP contribution in [0.5, 0.6) is 0 Å². The van der Waals surface area contributed by atoms with E-state index in [1.165, 1.54) is 25.7 Å². The number of carbonyl (C=O) groups excluding carboxylic acids is 1. The van der Waals surface area contributed by atoms with Crippen LogP contribution in [0.15, 0.2) is 0 Å². The summed E-state index contributed by atoms with van der Waals surface area (Å²) in [4.78, 5) is 17.7. The van der Waals surface area contributed by atoms with Gasteiger partial charge in [-0.3, -0.25) is 4.90 Å². The summed E-state index contributed by atoms with van der Waals surface area (Å²) < 4.78 is 5.84. The van der Waals surface area contributed by atoms with Crippen LogP contribution in [0, 0.1) is 5.92 Å². The van der Waals surface area contributed by atoms with Crippen molar-refractivity contribution in [1.29, 1.82) is 0 Å². The van der Waals surface area contributed by atoms with Crippen molar-refractivity contribution in [2.24, 2.45) is 5.92 Å². The first kappa shape index (κ1) is 16.6. The van der Waals surface area contributed by atoms with Crippen molar-refractivity contribution in [3.8, 4) is 0 Å². The maximum atomic E-state index is 12.9. The number of amides is 2. The minimum absolute atomic E-state index is 0.170. The highest BCUT2D eigenvalue weighted by Crippen LogP contribution is 2.35. The van der Waals surface area contributed by atoms with Crippen LogP contribution in [0.4, 0.5) is 4.79 Å². The lowest BCUT2D eigenvalue weighted by Crippen LogP contribution is -2.52. The van der Waals surface area contributed by atoms with Crippen molar-refractivity contribution in [2.75, 3.05) is 19.7 Å². The highest BCUT2D eigenvalue weighted by molar-refractivity contribution is 5.74. The summed E-state index contributed by atoms with van der Waals surface area (Å²) in [7, 11) is 0. The quantitative estimate of drug-likeness (QED) is 0.844. The lowest BCUT2D eigenvalue weighted by atomic mass is 9.82. The van der Waals surface area contributed by atoms with Gasteiger partial charge in [0.1, 0.15) is 0 Å². The van der Waals surface area contributed by atoms with E-state index < -0.39 is 0 Å². The van der Waals surface area contributed by atoms with Gasteiger partial charge in [0.25, 0.3) is 0 Å². The molecule has 3 heterocycles. The average molecular weight is 335 g/mol. The Bertz CT molecular complexity index is 470. The predicted molar refractivity (Wildman–Crippen MR) is 94.0 cm³/mol. The lowest BCUT2D eigenvalue weighted by molar-refractivity contribution is 0.0536. The molecule has 3 aliphatic heterocycles. The van der Waals surface area contributed by atoms with Crippen molar-refractivity contribution in [2.45, 2.75) is 89.1 Å². The Morgan fingerprint density at radius 3 is 2.75 bits per heavy atom. The number of hydrogen-bond donors (Lipinski definition) is 1. The Balaban J connectivity index is 1.38. The molecule has 3 saturated heterocycles. The standard InChI is InChI=1S/C19H33N3O2/c1-13(2)22-14-6-7-15(22)12-21(10-8-14)19(23)20-17-4-3-5-18-16(17)9-11-24-18/h13-18H,3-12H2,1-2H3,(H,20,23)/t14-,15-,16+,17+,18+/m0/s1. The Hall–Kier alpha value is -0.810. The van der Waals surface area contributed by atoms with Gasteiger partial charge in [-0.2, -0.15) is 0 Å². The summed E-state index contributed by atoms with van der Waals surface area (Å²) in [6, 6.07) is 2.30. The number of fused-ring (bicyclic) bond motifs is 3. The Kier molecular flexibility index (Phi) is 4.74. The Morgan fingerprint density at radius 2 is 1.92 bits per heavy atom. The first-order chi connectivity index (χ1) is 11.6. The van der Waals surface area contributed by atoms with E-state index in [9.17, 15) is 4.79 Å². The smallest absolute Gasteiger partial charge is 0.317 e. The molecule has 1 aliphatic carbocycles. The van der Waals surface area contributed by atoms with Crippen LogP contribution >= 0.6 is 0 Å². The SMILES string of the molecule is CC(C)N1[C@H]2CC[C@H]1CN(C(=O)N[C@@H]1CCC[C@H]3OCC[C@H]13)CC2. The van der Waals surface area contributed by atoms with Gasteiger partial charge in [-0.25, -0.2) is 4.79 Å². The van der Waals surface area contributed by atoms with Crippen molar-refractivity contribution in [3.63, 3.8) is 0 Å². The van der Waals surface area contributed by atoms with E-state index in [0.717, 1.165) is 39.0 Å². The number of urea groups is 1. The van der Waals surface area contributed by atoms with Crippen LogP contribution in [0.2, 0.25) is 0 Å². The van der Waals surface area contributed by atoms with E-state index in [-0.39, 0.29) is 6.03 Å². The van der Waals surface area contributed by atoms with Gasteiger partial charge in [0.05, 0.1) is 6.10 Å².